The summed E-state index contributed by atoms with van der Waals surface area (Å²) in [7, 11) is 0. The zero-order valence-corrected chi connectivity index (χ0v) is 15.6. The molecule has 0 aliphatic heterocycles. The minimum atomic E-state index is 0.710. The lowest BCUT2D eigenvalue weighted by Crippen LogP contribution is -2.15. The van der Waals surface area contributed by atoms with Crippen molar-refractivity contribution in [2.75, 3.05) is 13.2 Å². The molecule has 5 aliphatic rings. The summed E-state index contributed by atoms with van der Waals surface area (Å²) in [5, 5.41) is 0. The Hall–Kier alpha value is -1.90. The SMILES string of the molecule is c1ccc(COCC2=C(COCc3ccccc3)C3C4CC5C(C24)C53)cc1. The molecule has 4 atom stereocenters. The van der Waals surface area contributed by atoms with E-state index in [9.17, 15) is 0 Å². The van der Waals surface area contributed by atoms with E-state index < -0.39 is 0 Å². The van der Waals surface area contributed by atoms with E-state index in [1.54, 1.807) is 11.1 Å². The van der Waals surface area contributed by atoms with Crippen LogP contribution in [-0.2, 0) is 22.7 Å². The molecule has 0 heterocycles. The van der Waals surface area contributed by atoms with Crippen molar-refractivity contribution in [3.05, 3.63) is 82.9 Å². The van der Waals surface area contributed by atoms with Gasteiger partial charge in [-0.3, -0.25) is 0 Å². The topological polar surface area (TPSA) is 18.5 Å². The van der Waals surface area contributed by atoms with E-state index in [0.717, 1.165) is 48.7 Å². The fourth-order valence-electron chi connectivity index (χ4n) is 6.65. The van der Waals surface area contributed by atoms with Gasteiger partial charge in [-0.15, -0.1) is 0 Å². The van der Waals surface area contributed by atoms with Gasteiger partial charge in [-0.25, -0.2) is 0 Å². The fraction of sp³-hybridized carbons (Fsp3) is 0.440. The van der Waals surface area contributed by atoms with Crippen LogP contribution < -0.4 is 0 Å². The van der Waals surface area contributed by atoms with Crippen LogP contribution in [0.15, 0.2) is 71.8 Å². The molecule has 6 bridgehead atoms. The Morgan fingerprint density at radius 2 is 1.07 bits per heavy atom. The maximum Gasteiger partial charge on any atom is 0.0721 e. The second-order valence-corrected chi connectivity index (χ2v) is 8.78. The zero-order valence-electron chi connectivity index (χ0n) is 15.6. The van der Waals surface area contributed by atoms with Crippen molar-refractivity contribution >= 4 is 0 Å². The van der Waals surface area contributed by atoms with Crippen LogP contribution >= 0.6 is 0 Å². The van der Waals surface area contributed by atoms with Crippen molar-refractivity contribution in [3.8, 4) is 0 Å². The summed E-state index contributed by atoms with van der Waals surface area (Å²) in [5.41, 5.74) is 5.74. The molecule has 0 spiro atoms. The monoisotopic (exact) mass is 358 g/mol. The van der Waals surface area contributed by atoms with E-state index in [1.807, 2.05) is 0 Å². The maximum atomic E-state index is 6.17. The normalized spacial score (nSPS) is 34.5. The molecule has 2 aromatic rings. The van der Waals surface area contributed by atoms with Crippen molar-refractivity contribution in [2.24, 2.45) is 35.5 Å². The van der Waals surface area contributed by atoms with E-state index in [4.69, 9.17) is 9.47 Å². The molecule has 0 N–H and O–H groups in total. The average molecular weight is 358 g/mol. The third-order valence-electron chi connectivity index (χ3n) is 7.54. The average Bonchev–Trinajstić information content (AvgIpc) is 3.04. The van der Waals surface area contributed by atoms with E-state index >= 15 is 0 Å². The van der Waals surface area contributed by atoms with Crippen molar-refractivity contribution in [2.45, 2.75) is 19.6 Å². The van der Waals surface area contributed by atoms with E-state index in [2.05, 4.69) is 60.7 Å². The van der Waals surface area contributed by atoms with Crippen LogP contribution in [0.25, 0.3) is 0 Å². The molecule has 2 heteroatoms. The molecule has 138 valence electrons. The van der Waals surface area contributed by atoms with Gasteiger partial charge >= 0.3 is 0 Å². The molecule has 2 aromatic carbocycles. The van der Waals surface area contributed by atoms with Crippen LogP contribution in [0.2, 0.25) is 0 Å². The largest absolute Gasteiger partial charge is 0.372 e. The number of benzene rings is 2. The van der Waals surface area contributed by atoms with Crippen molar-refractivity contribution < 1.29 is 9.47 Å². The Morgan fingerprint density at radius 1 is 0.593 bits per heavy atom. The zero-order chi connectivity index (χ0) is 17.8. The Labute approximate surface area is 161 Å². The van der Waals surface area contributed by atoms with Crippen LogP contribution in [0.5, 0.6) is 0 Å². The Bertz CT molecular complexity index is 787. The van der Waals surface area contributed by atoms with Crippen LogP contribution in [0.3, 0.4) is 0 Å². The van der Waals surface area contributed by atoms with Crippen LogP contribution in [0, 0.1) is 35.5 Å². The third kappa shape index (κ3) is 2.54. The highest BCUT2D eigenvalue weighted by Crippen LogP contribution is 2.81. The predicted molar refractivity (Wildman–Crippen MR) is 105 cm³/mol. The van der Waals surface area contributed by atoms with Crippen molar-refractivity contribution in [1.82, 2.24) is 0 Å². The number of rotatable bonds is 8. The molecule has 0 amide bonds. The number of hydrogen-bond donors (Lipinski definition) is 0. The van der Waals surface area contributed by atoms with Crippen LogP contribution in [0.1, 0.15) is 17.5 Å². The maximum absolute atomic E-state index is 6.17. The standard InChI is InChI=1S/C25H26O2/c1-3-7-16(8-4-1)12-26-14-20-21(15-27-13-17-9-5-2-6-10-17)23-18-11-19-24(22(18)20)25(19)23/h1-10,18-19,22-25H,11-15H2. The summed E-state index contributed by atoms with van der Waals surface area (Å²) in [6, 6.07) is 21.0. The van der Waals surface area contributed by atoms with Crippen molar-refractivity contribution in [1.29, 1.82) is 0 Å². The van der Waals surface area contributed by atoms with Gasteiger partial charge in [0, 0.05) is 0 Å². The molecule has 2 nitrogen and oxygen atoms in total. The van der Waals surface area contributed by atoms with Gasteiger partial charge < -0.3 is 9.47 Å². The minimum absolute atomic E-state index is 0.710. The Morgan fingerprint density at radius 3 is 1.52 bits per heavy atom. The summed E-state index contributed by atoms with van der Waals surface area (Å²) in [6.45, 7) is 3.02. The molecule has 4 saturated carbocycles. The lowest BCUT2D eigenvalue weighted by molar-refractivity contribution is 0.124. The smallest absolute Gasteiger partial charge is 0.0721 e. The van der Waals surface area contributed by atoms with E-state index in [1.165, 1.54) is 17.5 Å². The van der Waals surface area contributed by atoms with Crippen LogP contribution in [0.4, 0.5) is 0 Å². The van der Waals surface area contributed by atoms with Gasteiger partial charge in [-0.1, -0.05) is 60.7 Å². The van der Waals surface area contributed by atoms with Gasteiger partial charge in [0.15, 0.2) is 0 Å². The second-order valence-electron chi connectivity index (χ2n) is 8.78. The first-order chi connectivity index (χ1) is 13.4. The lowest BCUT2D eigenvalue weighted by atomic mass is 9.92. The molecule has 0 saturated heterocycles. The summed E-state index contributed by atoms with van der Waals surface area (Å²) in [6.07, 6.45) is 1.47. The molecule has 4 unspecified atom stereocenters. The predicted octanol–water partition coefficient (Wildman–Crippen LogP) is 4.86. The molecule has 4 fully saturated rings. The third-order valence-corrected chi connectivity index (χ3v) is 7.54. The lowest BCUT2D eigenvalue weighted by Gasteiger charge is -2.20. The van der Waals surface area contributed by atoms with Crippen LogP contribution in [-0.4, -0.2) is 13.2 Å². The van der Waals surface area contributed by atoms with Gasteiger partial charge in [0.2, 0.25) is 0 Å². The number of ether oxygens (including phenoxy) is 2. The molecular formula is C25H26O2. The first kappa shape index (κ1) is 16.1. The molecule has 5 aliphatic carbocycles. The minimum Gasteiger partial charge on any atom is -0.372 e. The molecule has 27 heavy (non-hydrogen) atoms. The van der Waals surface area contributed by atoms with Gasteiger partial charge in [0.05, 0.1) is 26.4 Å². The summed E-state index contributed by atoms with van der Waals surface area (Å²) >= 11 is 0. The molecular weight excluding hydrogens is 332 g/mol. The summed E-state index contributed by atoms with van der Waals surface area (Å²) in [5.74, 6) is 5.56. The second kappa shape index (κ2) is 6.32. The quantitative estimate of drug-likeness (QED) is 0.628. The summed E-state index contributed by atoms with van der Waals surface area (Å²) < 4.78 is 12.3. The first-order valence-corrected chi connectivity index (χ1v) is 10.4. The van der Waals surface area contributed by atoms with Gasteiger partial charge in [-0.05, 0) is 64.2 Å². The Balaban J connectivity index is 1.14. The van der Waals surface area contributed by atoms with Gasteiger partial charge in [-0.2, -0.15) is 0 Å². The Kier molecular flexibility index (Phi) is 3.77. The number of hydrogen-bond acceptors (Lipinski definition) is 2. The van der Waals surface area contributed by atoms with E-state index in [0.29, 0.717) is 13.2 Å². The van der Waals surface area contributed by atoms with Gasteiger partial charge in [0.25, 0.3) is 0 Å². The molecule has 0 aromatic heterocycles. The van der Waals surface area contributed by atoms with Gasteiger partial charge in [0.1, 0.15) is 0 Å². The highest BCUT2D eigenvalue weighted by Gasteiger charge is 2.77. The molecule has 0 radical (unpaired) electrons. The van der Waals surface area contributed by atoms with Crippen molar-refractivity contribution in [3.63, 3.8) is 0 Å². The van der Waals surface area contributed by atoms with E-state index in [-0.39, 0.29) is 0 Å². The fourth-order valence-corrected chi connectivity index (χ4v) is 6.65. The highest BCUT2D eigenvalue weighted by molar-refractivity contribution is 5.44. The highest BCUT2D eigenvalue weighted by atomic mass is 16.5. The first-order valence-electron chi connectivity index (χ1n) is 10.4. The molecule has 7 rings (SSSR count). The summed E-state index contributed by atoms with van der Waals surface area (Å²) in [4.78, 5) is 0.